The molecule has 3 nitrogen and oxygen atoms in total. The first-order valence-corrected chi connectivity index (χ1v) is 5.63. The van der Waals surface area contributed by atoms with E-state index in [0.717, 1.165) is 0 Å². The minimum atomic E-state index is -0.476. The largest absolute Gasteiger partial charge is 0.436 e. The van der Waals surface area contributed by atoms with E-state index in [0.29, 0.717) is 28.2 Å². The number of fused-ring (bicyclic) bond motifs is 1. The summed E-state index contributed by atoms with van der Waals surface area (Å²) in [7, 11) is 0. The summed E-state index contributed by atoms with van der Waals surface area (Å²) < 4.78 is 18.6. The van der Waals surface area contributed by atoms with Crippen LogP contribution in [0.5, 0.6) is 0 Å². The van der Waals surface area contributed by atoms with Crippen molar-refractivity contribution in [2.24, 2.45) is 0 Å². The van der Waals surface area contributed by atoms with Gasteiger partial charge in [0.25, 0.3) is 0 Å². The molecule has 0 bridgehead atoms. The van der Waals surface area contributed by atoms with Crippen LogP contribution in [0.25, 0.3) is 22.6 Å². The van der Waals surface area contributed by atoms with Crippen molar-refractivity contribution < 1.29 is 8.81 Å². The predicted octanol–water partition coefficient (Wildman–Crippen LogP) is 3.87. The van der Waals surface area contributed by atoms with Crippen molar-refractivity contribution in [3.05, 3.63) is 47.2 Å². The second kappa shape index (κ2) is 3.99. The average molecular weight is 263 g/mol. The van der Waals surface area contributed by atoms with Crippen molar-refractivity contribution in [3.63, 3.8) is 0 Å². The molecule has 3 aromatic rings. The van der Waals surface area contributed by atoms with Crippen LogP contribution in [0.4, 0.5) is 10.1 Å². The first-order chi connectivity index (χ1) is 8.65. The molecule has 0 aliphatic carbocycles. The number of nitrogens with zero attached hydrogens (tertiary/aromatic N) is 1. The van der Waals surface area contributed by atoms with Crippen molar-refractivity contribution in [1.82, 2.24) is 4.98 Å². The molecule has 2 aromatic carbocycles. The van der Waals surface area contributed by atoms with Gasteiger partial charge in [-0.15, -0.1) is 0 Å². The maximum atomic E-state index is 13.1. The van der Waals surface area contributed by atoms with Gasteiger partial charge in [-0.05, 0) is 30.3 Å². The van der Waals surface area contributed by atoms with Gasteiger partial charge >= 0.3 is 0 Å². The van der Waals surface area contributed by atoms with E-state index < -0.39 is 5.82 Å². The van der Waals surface area contributed by atoms with Gasteiger partial charge in [0, 0.05) is 5.56 Å². The van der Waals surface area contributed by atoms with Crippen LogP contribution < -0.4 is 5.73 Å². The molecule has 90 valence electrons. The zero-order chi connectivity index (χ0) is 12.7. The number of rotatable bonds is 1. The molecule has 0 saturated carbocycles. The highest BCUT2D eigenvalue weighted by Gasteiger charge is 2.11. The van der Waals surface area contributed by atoms with Gasteiger partial charge in [0.2, 0.25) is 5.89 Å². The zero-order valence-corrected chi connectivity index (χ0v) is 9.91. The van der Waals surface area contributed by atoms with E-state index >= 15 is 0 Å². The van der Waals surface area contributed by atoms with Gasteiger partial charge in [0.05, 0.1) is 10.7 Å². The maximum Gasteiger partial charge on any atom is 0.227 e. The minimum Gasteiger partial charge on any atom is -0.436 e. The molecule has 0 saturated heterocycles. The summed E-state index contributed by atoms with van der Waals surface area (Å²) in [5, 5.41) is 0.0303. The van der Waals surface area contributed by atoms with E-state index in [4.69, 9.17) is 21.8 Å². The molecular weight excluding hydrogens is 255 g/mol. The van der Waals surface area contributed by atoms with Crippen LogP contribution in [-0.4, -0.2) is 4.98 Å². The quantitative estimate of drug-likeness (QED) is 0.677. The van der Waals surface area contributed by atoms with Gasteiger partial charge in [0.1, 0.15) is 11.3 Å². The number of hydrogen-bond acceptors (Lipinski definition) is 3. The molecule has 18 heavy (non-hydrogen) atoms. The van der Waals surface area contributed by atoms with Crippen molar-refractivity contribution in [2.75, 3.05) is 5.73 Å². The lowest BCUT2D eigenvalue weighted by Gasteiger charge is -1.97. The Morgan fingerprint density at radius 1 is 1.22 bits per heavy atom. The van der Waals surface area contributed by atoms with Gasteiger partial charge in [0.15, 0.2) is 5.58 Å². The minimum absolute atomic E-state index is 0.0303. The van der Waals surface area contributed by atoms with E-state index in [2.05, 4.69) is 4.98 Å². The van der Waals surface area contributed by atoms with E-state index in [-0.39, 0.29) is 5.02 Å². The summed E-state index contributed by atoms with van der Waals surface area (Å²) in [6, 6.07) is 9.60. The molecule has 2 N–H and O–H groups in total. The fraction of sp³-hybridized carbons (Fsp3) is 0. The lowest BCUT2D eigenvalue weighted by atomic mass is 10.2. The Bertz CT molecular complexity index is 739. The third-order valence-electron chi connectivity index (χ3n) is 2.62. The van der Waals surface area contributed by atoms with E-state index in [1.165, 1.54) is 12.1 Å². The fourth-order valence-electron chi connectivity index (χ4n) is 1.72. The van der Waals surface area contributed by atoms with E-state index in [1.807, 2.05) is 0 Å². The first-order valence-electron chi connectivity index (χ1n) is 5.25. The molecule has 0 aliphatic rings. The van der Waals surface area contributed by atoms with Crippen LogP contribution in [0.2, 0.25) is 5.02 Å². The third kappa shape index (κ3) is 1.71. The lowest BCUT2D eigenvalue weighted by Crippen LogP contribution is -1.85. The number of anilines is 1. The molecule has 5 heteroatoms. The standard InChI is InChI=1S/C13H8ClFN2O/c14-8-6-7(4-5-9(8)15)13-17-12-10(16)2-1-3-11(12)18-13/h1-6H,16H2. The van der Waals surface area contributed by atoms with Gasteiger partial charge < -0.3 is 10.2 Å². The number of halogens is 2. The van der Waals surface area contributed by atoms with Gasteiger partial charge in [-0.2, -0.15) is 0 Å². The number of para-hydroxylation sites is 1. The molecule has 0 fully saturated rings. The first kappa shape index (κ1) is 11.0. The zero-order valence-electron chi connectivity index (χ0n) is 9.15. The Hall–Kier alpha value is -2.07. The van der Waals surface area contributed by atoms with Gasteiger partial charge in [-0.3, -0.25) is 0 Å². The van der Waals surface area contributed by atoms with Crippen molar-refractivity contribution in [2.45, 2.75) is 0 Å². The summed E-state index contributed by atoms with van der Waals surface area (Å²) in [5.74, 6) is -0.110. The lowest BCUT2D eigenvalue weighted by molar-refractivity contribution is 0.616. The number of nitrogens with two attached hydrogens (primary N) is 1. The smallest absolute Gasteiger partial charge is 0.227 e. The highest BCUT2D eigenvalue weighted by molar-refractivity contribution is 6.31. The molecule has 0 spiro atoms. The second-order valence-electron chi connectivity index (χ2n) is 3.84. The Balaban J connectivity index is 2.19. The molecule has 1 aromatic heterocycles. The monoisotopic (exact) mass is 262 g/mol. The Morgan fingerprint density at radius 2 is 2.06 bits per heavy atom. The van der Waals surface area contributed by atoms with Crippen molar-refractivity contribution in [3.8, 4) is 11.5 Å². The molecular formula is C13H8ClFN2O. The summed E-state index contributed by atoms with van der Waals surface area (Å²) in [6.07, 6.45) is 0. The van der Waals surface area contributed by atoms with Gasteiger partial charge in [-0.25, -0.2) is 9.37 Å². The van der Waals surface area contributed by atoms with Crippen LogP contribution in [0.1, 0.15) is 0 Å². The number of oxazole rings is 1. The number of benzene rings is 2. The van der Waals surface area contributed by atoms with Crippen LogP contribution in [-0.2, 0) is 0 Å². The SMILES string of the molecule is Nc1cccc2oc(-c3ccc(F)c(Cl)c3)nc12. The van der Waals surface area contributed by atoms with Crippen LogP contribution in [0.3, 0.4) is 0 Å². The summed E-state index contributed by atoms with van der Waals surface area (Å²) in [6.45, 7) is 0. The second-order valence-corrected chi connectivity index (χ2v) is 4.25. The van der Waals surface area contributed by atoms with Crippen LogP contribution >= 0.6 is 11.6 Å². The Morgan fingerprint density at radius 3 is 2.78 bits per heavy atom. The predicted molar refractivity (Wildman–Crippen MR) is 68.8 cm³/mol. The Labute approximate surface area is 107 Å². The number of nitrogen functional groups attached to an aromatic ring is 1. The number of hydrogen-bond donors (Lipinski definition) is 1. The maximum absolute atomic E-state index is 13.1. The third-order valence-corrected chi connectivity index (χ3v) is 2.91. The van der Waals surface area contributed by atoms with Crippen molar-refractivity contribution in [1.29, 1.82) is 0 Å². The Kier molecular flexibility index (Phi) is 2.45. The summed E-state index contributed by atoms with van der Waals surface area (Å²) >= 11 is 5.72. The van der Waals surface area contributed by atoms with Crippen LogP contribution in [0, 0.1) is 5.82 Å². The van der Waals surface area contributed by atoms with Crippen LogP contribution in [0.15, 0.2) is 40.8 Å². The van der Waals surface area contributed by atoms with Gasteiger partial charge in [-0.1, -0.05) is 17.7 Å². The summed E-state index contributed by atoms with van der Waals surface area (Å²) in [4.78, 5) is 4.28. The molecule has 0 atom stereocenters. The normalized spacial score (nSPS) is 11.0. The highest BCUT2D eigenvalue weighted by atomic mass is 35.5. The molecule has 0 unspecified atom stereocenters. The fourth-order valence-corrected chi connectivity index (χ4v) is 1.90. The molecule has 0 aliphatic heterocycles. The molecule has 1 heterocycles. The van der Waals surface area contributed by atoms with Crippen molar-refractivity contribution >= 4 is 28.4 Å². The molecule has 3 rings (SSSR count). The number of aromatic nitrogens is 1. The van der Waals surface area contributed by atoms with E-state index in [9.17, 15) is 4.39 Å². The highest BCUT2D eigenvalue weighted by Crippen LogP contribution is 2.29. The summed E-state index contributed by atoms with van der Waals surface area (Å²) in [5.41, 5.74) is 8.12. The molecule has 0 amide bonds. The molecule has 0 radical (unpaired) electrons. The average Bonchev–Trinajstić information content (AvgIpc) is 2.78. The topological polar surface area (TPSA) is 52.0 Å². The van der Waals surface area contributed by atoms with E-state index in [1.54, 1.807) is 24.3 Å².